The Balaban J connectivity index is 2.39. The van der Waals surface area contributed by atoms with Crippen molar-refractivity contribution in [2.75, 3.05) is 0 Å². The molecule has 0 amide bonds. The third-order valence-electron chi connectivity index (χ3n) is 2.77. The number of aromatic nitrogens is 2. The predicted octanol–water partition coefficient (Wildman–Crippen LogP) is 1.10. The maximum absolute atomic E-state index is 5.90. The molecule has 66 valence electrons. The fraction of sp³-hybridized carbons (Fsp3) is 0.667. The van der Waals surface area contributed by atoms with E-state index in [-0.39, 0.29) is 6.04 Å². The lowest BCUT2D eigenvalue weighted by molar-refractivity contribution is 0.559. The second-order valence-corrected chi connectivity index (χ2v) is 3.71. The van der Waals surface area contributed by atoms with Gasteiger partial charge in [-0.1, -0.05) is 0 Å². The maximum atomic E-state index is 5.90. The van der Waals surface area contributed by atoms with Crippen LogP contribution in [-0.4, -0.2) is 16.2 Å². The van der Waals surface area contributed by atoms with Gasteiger partial charge in [0.2, 0.25) is 0 Å². The lowest BCUT2D eigenvalue weighted by Gasteiger charge is -2.14. The molecule has 2 atom stereocenters. The third kappa shape index (κ3) is 0.966. The van der Waals surface area contributed by atoms with Gasteiger partial charge in [-0.05, 0) is 26.7 Å². The van der Waals surface area contributed by atoms with Crippen LogP contribution in [0, 0.1) is 6.92 Å². The number of rotatable bonds is 1. The summed E-state index contributed by atoms with van der Waals surface area (Å²) >= 11 is 0. The molecule has 3 N–H and O–H groups in total. The third-order valence-corrected chi connectivity index (χ3v) is 2.77. The normalized spacial score (nSPS) is 24.1. The Bertz CT molecular complexity index is 288. The van der Waals surface area contributed by atoms with Crippen LogP contribution in [0.2, 0.25) is 0 Å². The Kier molecular flexibility index (Phi) is 1.68. The minimum absolute atomic E-state index is 0.252. The Labute approximate surface area is 72.4 Å². The molecule has 1 aromatic rings. The first-order valence-electron chi connectivity index (χ1n) is 4.49. The van der Waals surface area contributed by atoms with E-state index in [4.69, 9.17) is 5.73 Å². The van der Waals surface area contributed by atoms with Crippen LogP contribution < -0.4 is 5.73 Å². The van der Waals surface area contributed by atoms with Gasteiger partial charge in [-0.3, -0.25) is 5.10 Å². The first-order chi connectivity index (χ1) is 5.70. The molecule has 3 heteroatoms. The maximum Gasteiger partial charge on any atom is 0.0660 e. The van der Waals surface area contributed by atoms with Crippen LogP contribution in [0.4, 0.5) is 0 Å². The average Bonchev–Trinajstić information content (AvgIpc) is 2.53. The van der Waals surface area contributed by atoms with Gasteiger partial charge >= 0.3 is 0 Å². The standard InChI is InChI=1S/C9H15N3/c1-5(10)7-3-4-8-9(7)6(2)11-12-8/h5,7H,3-4,10H2,1-2H3,(H,11,12). The fourth-order valence-electron chi connectivity index (χ4n) is 2.13. The van der Waals surface area contributed by atoms with Crippen LogP contribution >= 0.6 is 0 Å². The van der Waals surface area contributed by atoms with Crippen LogP contribution in [0.3, 0.4) is 0 Å². The summed E-state index contributed by atoms with van der Waals surface area (Å²) < 4.78 is 0. The summed E-state index contributed by atoms with van der Waals surface area (Å²) in [7, 11) is 0. The summed E-state index contributed by atoms with van der Waals surface area (Å²) in [6, 6.07) is 0.252. The molecule has 0 aliphatic heterocycles. The first-order valence-corrected chi connectivity index (χ1v) is 4.49. The summed E-state index contributed by atoms with van der Waals surface area (Å²) in [6.45, 7) is 4.15. The van der Waals surface area contributed by atoms with Crippen molar-refractivity contribution in [1.29, 1.82) is 0 Å². The summed E-state index contributed by atoms with van der Waals surface area (Å²) in [5.74, 6) is 0.527. The zero-order valence-corrected chi connectivity index (χ0v) is 7.59. The number of aryl methyl sites for hydroxylation is 2. The number of nitrogens with zero attached hydrogens (tertiary/aromatic N) is 1. The van der Waals surface area contributed by atoms with E-state index >= 15 is 0 Å². The van der Waals surface area contributed by atoms with Gasteiger partial charge in [0.25, 0.3) is 0 Å². The molecule has 0 bridgehead atoms. The number of H-pyrrole nitrogens is 1. The highest BCUT2D eigenvalue weighted by atomic mass is 15.1. The summed E-state index contributed by atoms with van der Waals surface area (Å²) in [4.78, 5) is 0. The van der Waals surface area contributed by atoms with E-state index in [9.17, 15) is 0 Å². The van der Waals surface area contributed by atoms with E-state index in [0.29, 0.717) is 5.92 Å². The molecule has 0 saturated heterocycles. The van der Waals surface area contributed by atoms with Crippen molar-refractivity contribution in [3.63, 3.8) is 0 Å². The molecule has 0 saturated carbocycles. The molecule has 2 unspecified atom stereocenters. The van der Waals surface area contributed by atoms with Crippen LogP contribution in [0.25, 0.3) is 0 Å². The molecule has 12 heavy (non-hydrogen) atoms. The second kappa shape index (κ2) is 2.59. The zero-order valence-electron chi connectivity index (χ0n) is 7.59. The molecule has 1 aromatic heterocycles. The van der Waals surface area contributed by atoms with E-state index in [1.165, 1.54) is 23.4 Å². The minimum Gasteiger partial charge on any atom is -0.327 e. The van der Waals surface area contributed by atoms with Crippen molar-refractivity contribution in [3.05, 3.63) is 17.0 Å². The van der Waals surface area contributed by atoms with Gasteiger partial charge in [0.05, 0.1) is 5.69 Å². The Morgan fingerprint density at radius 2 is 2.42 bits per heavy atom. The molecule has 1 heterocycles. The lowest BCUT2D eigenvalue weighted by atomic mass is 9.95. The summed E-state index contributed by atoms with van der Waals surface area (Å²) in [5, 5.41) is 7.27. The molecule has 1 aliphatic rings. The van der Waals surface area contributed by atoms with Crippen molar-refractivity contribution >= 4 is 0 Å². The molecule has 1 aliphatic carbocycles. The quantitative estimate of drug-likeness (QED) is 0.654. The van der Waals surface area contributed by atoms with Crippen LogP contribution in [0.1, 0.15) is 36.2 Å². The van der Waals surface area contributed by atoms with Crippen molar-refractivity contribution < 1.29 is 0 Å². The molecule has 0 spiro atoms. The number of nitrogens with two attached hydrogens (primary N) is 1. The Morgan fingerprint density at radius 3 is 3.08 bits per heavy atom. The van der Waals surface area contributed by atoms with Gasteiger partial charge in [0, 0.05) is 23.2 Å². The van der Waals surface area contributed by atoms with Gasteiger partial charge in [-0.2, -0.15) is 5.10 Å². The van der Waals surface area contributed by atoms with Gasteiger partial charge in [0.1, 0.15) is 0 Å². The highest BCUT2D eigenvalue weighted by Crippen LogP contribution is 2.35. The Hall–Kier alpha value is -0.830. The molecule has 0 radical (unpaired) electrons. The van der Waals surface area contributed by atoms with E-state index in [0.717, 1.165) is 6.42 Å². The number of aromatic amines is 1. The summed E-state index contributed by atoms with van der Waals surface area (Å²) in [5.41, 5.74) is 9.71. The largest absolute Gasteiger partial charge is 0.327 e. The molecule has 0 fully saturated rings. The van der Waals surface area contributed by atoms with Crippen molar-refractivity contribution in [2.45, 2.75) is 38.6 Å². The van der Waals surface area contributed by atoms with Crippen LogP contribution in [0.15, 0.2) is 0 Å². The number of hydrogen-bond donors (Lipinski definition) is 2. The van der Waals surface area contributed by atoms with Gasteiger partial charge in [-0.25, -0.2) is 0 Å². The fourth-order valence-corrected chi connectivity index (χ4v) is 2.13. The zero-order chi connectivity index (χ0) is 8.72. The first kappa shape index (κ1) is 7.80. The van der Waals surface area contributed by atoms with E-state index in [1.807, 2.05) is 0 Å². The van der Waals surface area contributed by atoms with Gasteiger partial charge in [-0.15, -0.1) is 0 Å². The number of fused-ring (bicyclic) bond motifs is 1. The topological polar surface area (TPSA) is 54.7 Å². The van der Waals surface area contributed by atoms with Crippen molar-refractivity contribution in [3.8, 4) is 0 Å². The number of hydrogen-bond acceptors (Lipinski definition) is 2. The molecule has 0 aromatic carbocycles. The highest BCUT2D eigenvalue weighted by molar-refractivity contribution is 5.34. The monoisotopic (exact) mass is 165 g/mol. The lowest BCUT2D eigenvalue weighted by Crippen LogP contribution is -2.23. The van der Waals surface area contributed by atoms with E-state index < -0.39 is 0 Å². The van der Waals surface area contributed by atoms with Crippen LogP contribution in [-0.2, 0) is 6.42 Å². The predicted molar refractivity (Wildman–Crippen MR) is 48.0 cm³/mol. The highest BCUT2D eigenvalue weighted by Gasteiger charge is 2.29. The second-order valence-electron chi connectivity index (χ2n) is 3.71. The molecule has 3 nitrogen and oxygen atoms in total. The van der Waals surface area contributed by atoms with Crippen LogP contribution in [0.5, 0.6) is 0 Å². The summed E-state index contributed by atoms with van der Waals surface area (Å²) in [6.07, 6.45) is 2.26. The molecular formula is C9H15N3. The minimum atomic E-state index is 0.252. The van der Waals surface area contributed by atoms with Gasteiger partial charge < -0.3 is 5.73 Å². The van der Waals surface area contributed by atoms with Crippen molar-refractivity contribution in [1.82, 2.24) is 10.2 Å². The SMILES string of the molecule is Cc1[nH]nc2c1C(C(C)N)CC2. The smallest absolute Gasteiger partial charge is 0.0660 e. The average molecular weight is 165 g/mol. The van der Waals surface area contributed by atoms with Gasteiger partial charge in [0.15, 0.2) is 0 Å². The Morgan fingerprint density at radius 1 is 1.67 bits per heavy atom. The number of nitrogens with one attached hydrogen (secondary N) is 1. The molecule has 2 rings (SSSR count). The molecular weight excluding hydrogens is 150 g/mol. The van der Waals surface area contributed by atoms with E-state index in [2.05, 4.69) is 24.0 Å². The van der Waals surface area contributed by atoms with E-state index in [1.54, 1.807) is 0 Å². The van der Waals surface area contributed by atoms with Crippen molar-refractivity contribution in [2.24, 2.45) is 5.73 Å².